The molecule has 0 unspecified atom stereocenters. The maximum atomic E-state index is 8.65. The Morgan fingerprint density at radius 1 is 1.75 bits per heavy atom. The molecule has 0 fully saturated rings. The molecule has 0 aliphatic carbocycles. The summed E-state index contributed by atoms with van der Waals surface area (Å²) in [5.74, 6) is -0.160. The van der Waals surface area contributed by atoms with Crippen LogP contribution >= 0.6 is 0 Å². The van der Waals surface area contributed by atoms with Gasteiger partial charge in [0.15, 0.2) is 0 Å². The molecule has 0 bridgehead atoms. The van der Waals surface area contributed by atoms with Gasteiger partial charge in [-0.15, -0.1) is 0 Å². The van der Waals surface area contributed by atoms with Crippen molar-refractivity contribution in [3.63, 3.8) is 0 Å². The minimum atomic E-state index is -0.160. The summed E-state index contributed by atoms with van der Waals surface area (Å²) in [6.45, 7) is 0. The van der Waals surface area contributed by atoms with Crippen LogP contribution in [0.1, 0.15) is 0 Å². The first-order valence-corrected chi connectivity index (χ1v) is 2.12. The Labute approximate surface area is 46.8 Å². The van der Waals surface area contributed by atoms with E-state index in [1.807, 2.05) is 0 Å². The standard InChI is InChI=1S/C5H5N2O/c6-4-2-1-3-7-5(4)8/h1-2H,6H2,(H,7,8). The minimum Gasteiger partial charge on any atom is -0.492 e. The monoisotopic (exact) mass is 109 g/mol. The highest BCUT2D eigenvalue weighted by atomic mass is 16.3. The topological polar surface area (TPSA) is 59.1 Å². The van der Waals surface area contributed by atoms with Crippen molar-refractivity contribution in [3.8, 4) is 5.88 Å². The molecule has 1 radical (unpaired) electrons. The molecule has 0 saturated carbocycles. The molecule has 1 rings (SSSR count). The largest absolute Gasteiger partial charge is 0.492 e. The summed E-state index contributed by atoms with van der Waals surface area (Å²) in [6, 6.07) is 3.07. The summed E-state index contributed by atoms with van der Waals surface area (Å²) in [5, 5.41) is 8.65. The zero-order valence-electron chi connectivity index (χ0n) is 4.13. The van der Waals surface area contributed by atoms with Gasteiger partial charge in [-0.25, -0.2) is 4.98 Å². The second kappa shape index (κ2) is 1.69. The number of nitrogen functional groups attached to an aromatic ring is 1. The van der Waals surface area contributed by atoms with Crippen LogP contribution in [0.2, 0.25) is 0 Å². The molecule has 3 heteroatoms. The van der Waals surface area contributed by atoms with Crippen LogP contribution in [-0.2, 0) is 0 Å². The van der Waals surface area contributed by atoms with E-state index in [0.29, 0.717) is 0 Å². The van der Waals surface area contributed by atoms with Crippen LogP contribution in [0.3, 0.4) is 0 Å². The van der Waals surface area contributed by atoms with Gasteiger partial charge >= 0.3 is 0 Å². The Morgan fingerprint density at radius 2 is 2.50 bits per heavy atom. The van der Waals surface area contributed by atoms with Crippen molar-refractivity contribution in [2.45, 2.75) is 0 Å². The van der Waals surface area contributed by atoms with Gasteiger partial charge in [-0.3, -0.25) is 0 Å². The lowest BCUT2D eigenvalue weighted by Gasteiger charge is -1.90. The van der Waals surface area contributed by atoms with Gasteiger partial charge in [0.05, 0.1) is 11.9 Å². The predicted molar refractivity (Wildman–Crippen MR) is 29.2 cm³/mol. The number of pyridine rings is 1. The van der Waals surface area contributed by atoms with Gasteiger partial charge in [-0.1, -0.05) is 0 Å². The zero-order chi connectivity index (χ0) is 5.98. The van der Waals surface area contributed by atoms with E-state index in [-0.39, 0.29) is 11.6 Å². The second-order valence-electron chi connectivity index (χ2n) is 1.35. The van der Waals surface area contributed by atoms with Crippen molar-refractivity contribution in [2.24, 2.45) is 0 Å². The highest BCUT2D eigenvalue weighted by Gasteiger charge is 1.90. The van der Waals surface area contributed by atoms with Crippen LogP contribution in [0.25, 0.3) is 0 Å². The fraction of sp³-hybridized carbons (Fsp3) is 0. The third kappa shape index (κ3) is 0.703. The summed E-state index contributed by atoms with van der Waals surface area (Å²) in [5.41, 5.74) is 5.47. The average Bonchev–Trinajstić information content (AvgIpc) is 1.77. The lowest BCUT2D eigenvalue weighted by molar-refractivity contribution is 0.456. The molecule has 8 heavy (non-hydrogen) atoms. The van der Waals surface area contributed by atoms with E-state index in [2.05, 4.69) is 11.2 Å². The molecule has 0 aromatic carbocycles. The Balaban J connectivity index is 3.13. The van der Waals surface area contributed by atoms with E-state index >= 15 is 0 Å². The van der Waals surface area contributed by atoms with Gasteiger partial charge in [-0.05, 0) is 12.1 Å². The first kappa shape index (κ1) is 4.90. The van der Waals surface area contributed by atoms with Crippen LogP contribution in [0.5, 0.6) is 5.88 Å². The highest BCUT2D eigenvalue weighted by Crippen LogP contribution is 2.11. The van der Waals surface area contributed by atoms with Crippen molar-refractivity contribution < 1.29 is 5.11 Å². The van der Waals surface area contributed by atoms with Crippen LogP contribution in [-0.4, -0.2) is 10.1 Å². The first-order chi connectivity index (χ1) is 3.80. The molecule has 1 heterocycles. The number of nitrogens with two attached hydrogens (primary N) is 1. The summed E-state index contributed by atoms with van der Waals surface area (Å²) in [7, 11) is 0. The van der Waals surface area contributed by atoms with Crippen molar-refractivity contribution >= 4 is 5.69 Å². The molecule has 0 aliphatic heterocycles. The highest BCUT2D eigenvalue weighted by molar-refractivity contribution is 5.45. The number of aromatic nitrogens is 1. The van der Waals surface area contributed by atoms with E-state index < -0.39 is 0 Å². The fourth-order valence-electron chi connectivity index (χ4n) is 0.365. The summed E-state index contributed by atoms with van der Waals surface area (Å²) >= 11 is 0. The van der Waals surface area contributed by atoms with E-state index in [9.17, 15) is 0 Å². The maximum Gasteiger partial charge on any atom is 0.235 e. The molecule has 1 aromatic heterocycles. The van der Waals surface area contributed by atoms with Crippen molar-refractivity contribution in [2.75, 3.05) is 5.73 Å². The molecule has 0 amide bonds. The van der Waals surface area contributed by atoms with Gasteiger partial charge < -0.3 is 10.8 Å². The number of nitrogens with zero attached hydrogens (tertiary/aromatic N) is 1. The quantitative estimate of drug-likeness (QED) is 0.499. The molecule has 0 atom stereocenters. The fourth-order valence-corrected chi connectivity index (χ4v) is 0.365. The predicted octanol–water partition coefficient (Wildman–Crippen LogP) is 0.170. The normalized spacial score (nSPS) is 9.00. The Bertz CT molecular complexity index is 167. The lowest BCUT2D eigenvalue weighted by atomic mass is 10.4. The van der Waals surface area contributed by atoms with E-state index in [0.717, 1.165) is 0 Å². The van der Waals surface area contributed by atoms with Gasteiger partial charge in [0.2, 0.25) is 5.88 Å². The third-order valence-electron chi connectivity index (χ3n) is 0.766. The van der Waals surface area contributed by atoms with E-state index in [4.69, 9.17) is 10.8 Å². The zero-order valence-corrected chi connectivity index (χ0v) is 4.13. The molecule has 3 nitrogen and oxygen atoms in total. The van der Waals surface area contributed by atoms with Gasteiger partial charge in [0.25, 0.3) is 0 Å². The van der Waals surface area contributed by atoms with Crippen LogP contribution in [0.4, 0.5) is 5.69 Å². The van der Waals surface area contributed by atoms with E-state index in [1.165, 1.54) is 12.1 Å². The molecular weight excluding hydrogens is 104 g/mol. The van der Waals surface area contributed by atoms with Crippen molar-refractivity contribution in [1.82, 2.24) is 4.98 Å². The van der Waals surface area contributed by atoms with Crippen LogP contribution in [0, 0.1) is 6.20 Å². The van der Waals surface area contributed by atoms with Gasteiger partial charge in [0, 0.05) is 0 Å². The smallest absolute Gasteiger partial charge is 0.235 e. The second-order valence-corrected chi connectivity index (χ2v) is 1.35. The number of hydrogen-bond donors (Lipinski definition) is 2. The SMILES string of the molecule is Nc1cc[c]nc1O. The van der Waals surface area contributed by atoms with Crippen LogP contribution in [0.15, 0.2) is 12.1 Å². The van der Waals surface area contributed by atoms with E-state index in [1.54, 1.807) is 0 Å². The summed E-state index contributed by atoms with van der Waals surface area (Å²) in [4.78, 5) is 3.38. The average molecular weight is 109 g/mol. The minimum absolute atomic E-state index is 0.160. The number of hydrogen-bond acceptors (Lipinski definition) is 3. The maximum absolute atomic E-state index is 8.65. The Hall–Kier alpha value is -1.25. The molecular formula is C5H5N2O. The van der Waals surface area contributed by atoms with Gasteiger partial charge in [-0.2, -0.15) is 0 Å². The Morgan fingerprint density at radius 3 is 2.88 bits per heavy atom. The number of aromatic hydroxyl groups is 1. The molecule has 0 saturated heterocycles. The van der Waals surface area contributed by atoms with Crippen LogP contribution < -0.4 is 5.73 Å². The number of anilines is 1. The third-order valence-corrected chi connectivity index (χ3v) is 0.766. The summed E-state index contributed by atoms with van der Waals surface area (Å²) < 4.78 is 0. The summed E-state index contributed by atoms with van der Waals surface area (Å²) in [6.07, 6.45) is 2.42. The van der Waals surface area contributed by atoms with Gasteiger partial charge in [0.1, 0.15) is 0 Å². The molecule has 1 aromatic rings. The molecule has 3 N–H and O–H groups in total. The molecule has 0 aliphatic rings. The first-order valence-electron chi connectivity index (χ1n) is 2.12. The Kier molecular flexibility index (Phi) is 1.04. The number of rotatable bonds is 0. The van der Waals surface area contributed by atoms with Crippen molar-refractivity contribution in [3.05, 3.63) is 18.3 Å². The lowest BCUT2D eigenvalue weighted by Crippen LogP contribution is -1.85. The van der Waals surface area contributed by atoms with Crippen molar-refractivity contribution in [1.29, 1.82) is 0 Å². The molecule has 41 valence electrons. The molecule has 0 spiro atoms.